The van der Waals surface area contributed by atoms with Gasteiger partial charge in [0.05, 0.1) is 26.2 Å². The molecule has 9 heteroatoms. The molecule has 136 valence electrons. The summed E-state index contributed by atoms with van der Waals surface area (Å²) in [4.78, 5) is 35.1. The van der Waals surface area contributed by atoms with E-state index in [2.05, 4.69) is 5.32 Å². The molecule has 0 bridgehead atoms. The zero-order valence-electron chi connectivity index (χ0n) is 14.0. The Hall–Kier alpha value is -3.07. The van der Waals surface area contributed by atoms with Crippen molar-refractivity contribution in [2.24, 2.45) is 0 Å². The molecule has 0 saturated carbocycles. The third kappa shape index (κ3) is 4.51. The maximum atomic E-state index is 12.3. The van der Waals surface area contributed by atoms with Crippen LogP contribution in [0.25, 0.3) is 0 Å². The van der Waals surface area contributed by atoms with Gasteiger partial charge in [0.15, 0.2) is 6.10 Å². The van der Waals surface area contributed by atoms with Crippen molar-refractivity contribution in [1.82, 2.24) is 0 Å². The highest BCUT2D eigenvalue weighted by Crippen LogP contribution is 2.23. The molecular formula is C17H16N2O6S. The Balaban J connectivity index is 2.12. The van der Waals surface area contributed by atoms with Crippen LogP contribution in [0.5, 0.6) is 0 Å². The topological polar surface area (TPSA) is 116 Å². The first-order valence-corrected chi connectivity index (χ1v) is 9.04. The van der Waals surface area contributed by atoms with E-state index in [4.69, 9.17) is 4.74 Å². The zero-order chi connectivity index (χ0) is 19.3. The minimum Gasteiger partial charge on any atom is -0.449 e. The highest BCUT2D eigenvalue weighted by Gasteiger charge is 2.23. The minimum atomic E-state index is -1.40. The second kappa shape index (κ2) is 8.34. The summed E-state index contributed by atoms with van der Waals surface area (Å²) in [5.41, 5.74) is -0.176. The number of esters is 1. The SMILES string of the molecule is C[C@@H](OC(=O)c1ccccc1[S@](C)=O)C(=O)Nc1ccccc1[N+](=O)[O-]. The van der Waals surface area contributed by atoms with Gasteiger partial charge in [-0.05, 0) is 25.1 Å². The molecule has 2 aromatic carbocycles. The molecule has 1 amide bonds. The lowest BCUT2D eigenvalue weighted by Gasteiger charge is -2.14. The van der Waals surface area contributed by atoms with E-state index in [0.29, 0.717) is 4.90 Å². The molecule has 0 aliphatic heterocycles. The Labute approximate surface area is 151 Å². The van der Waals surface area contributed by atoms with Crippen LogP contribution in [-0.2, 0) is 20.3 Å². The van der Waals surface area contributed by atoms with E-state index in [1.807, 2.05) is 0 Å². The lowest BCUT2D eigenvalue weighted by atomic mass is 10.2. The fourth-order valence-corrected chi connectivity index (χ4v) is 2.87. The predicted molar refractivity (Wildman–Crippen MR) is 95.4 cm³/mol. The number of nitro benzene ring substituents is 1. The van der Waals surface area contributed by atoms with E-state index >= 15 is 0 Å². The minimum absolute atomic E-state index is 0.000427. The third-order valence-electron chi connectivity index (χ3n) is 3.43. The molecule has 26 heavy (non-hydrogen) atoms. The normalized spacial score (nSPS) is 12.7. The smallest absolute Gasteiger partial charge is 0.340 e. The van der Waals surface area contributed by atoms with Crippen LogP contribution in [0.2, 0.25) is 0 Å². The Morgan fingerprint density at radius 2 is 1.77 bits per heavy atom. The van der Waals surface area contributed by atoms with Crippen LogP contribution in [0.15, 0.2) is 53.4 Å². The fourth-order valence-electron chi connectivity index (χ4n) is 2.14. The summed E-state index contributed by atoms with van der Waals surface area (Å²) in [6.07, 6.45) is 0.220. The molecular weight excluding hydrogens is 360 g/mol. The number of ether oxygens (including phenoxy) is 1. The quantitative estimate of drug-likeness (QED) is 0.470. The number of carbonyl (C=O) groups is 2. The fraction of sp³-hybridized carbons (Fsp3) is 0.176. The van der Waals surface area contributed by atoms with Crippen molar-refractivity contribution in [3.8, 4) is 0 Å². The molecule has 2 rings (SSSR count). The first-order valence-electron chi connectivity index (χ1n) is 7.49. The molecule has 0 aliphatic carbocycles. The first-order chi connectivity index (χ1) is 12.3. The van der Waals surface area contributed by atoms with Crippen LogP contribution in [0.3, 0.4) is 0 Å². The molecule has 8 nitrogen and oxygen atoms in total. The Bertz CT molecular complexity index is 883. The highest BCUT2D eigenvalue weighted by molar-refractivity contribution is 7.84. The van der Waals surface area contributed by atoms with Crippen LogP contribution >= 0.6 is 0 Å². The summed E-state index contributed by atoms with van der Waals surface area (Å²) < 4.78 is 16.8. The standard InChI is InChI=1S/C17H16N2O6S/c1-11(16(20)18-13-8-4-5-9-14(13)19(22)23)25-17(21)12-7-3-6-10-15(12)26(2)24/h3-11H,1-2H3,(H,18,20)/t11-,26+/m1/s1. The summed E-state index contributed by atoms with van der Waals surface area (Å²) in [6, 6.07) is 11.8. The Morgan fingerprint density at radius 3 is 2.42 bits per heavy atom. The summed E-state index contributed by atoms with van der Waals surface area (Å²) in [5, 5.41) is 13.3. The van der Waals surface area contributed by atoms with E-state index in [-0.39, 0.29) is 16.9 Å². The van der Waals surface area contributed by atoms with Crippen molar-refractivity contribution in [2.45, 2.75) is 17.9 Å². The average Bonchev–Trinajstić information content (AvgIpc) is 2.61. The molecule has 0 spiro atoms. The number of carbonyl (C=O) groups excluding carboxylic acids is 2. The van der Waals surface area contributed by atoms with Gasteiger partial charge in [0.1, 0.15) is 5.69 Å². The molecule has 0 aromatic heterocycles. The van der Waals surface area contributed by atoms with Crippen molar-refractivity contribution in [2.75, 3.05) is 11.6 Å². The van der Waals surface area contributed by atoms with E-state index < -0.39 is 33.7 Å². The summed E-state index contributed by atoms with van der Waals surface area (Å²) in [6.45, 7) is 1.34. The molecule has 0 saturated heterocycles. The average molecular weight is 376 g/mol. The van der Waals surface area contributed by atoms with Gasteiger partial charge in [-0.3, -0.25) is 19.1 Å². The number of benzene rings is 2. The second-order valence-corrected chi connectivity index (χ2v) is 6.61. The van der Waals surface area contributed by atoms with Crippen molar-refractivity contribution in [1.29, 1.82) is 0 Å². The van der Waals surface area contributed by atoms with Crippen molar-refractivity contribution >= 4 is 34.1 Å². The van der Waals surface area contributed by atoms with Gasteiger partial charge in [-0.1, -0.05) is 24.3 Å². The number of nitrogens with zero attached hydrogens (tertiary/aromatic N) is 1. The van der Waals surface area contributed by atoms with Crippen molar-refractivity contribution in [3.63, 3.8) is 0 Å². The molecule has 0 heterocycles. The Morgan fingerprint density at radius 1 is 1.15 bits per heavy atom. The second-order valence-electron chi connectivity index (χ2n) is 5.26. The lowest BCUT2D eigenvalue weighted by molar-refractivity contribution is -0.383. The van der Waals surface area contributed by atoms with Crippen LogP contribution in [0, 0.1) is 10.1 Å². The molecule has 0 fully saturated rings. The van der Waals surface area contributed by atoms with Gasteiger partial charge in [-0.15, -0.1) is 0 Å². The highest BCUT2D eigenvalue weighted by atomic mass is 32.2. The monoisotopic (exact) mass is 376 g/mol. The zero-order valence-corrected chi connectivity index (χ0v) is 14.8. The van der Waals surface area contributed by atoms with Gasteiger partial charge in [0, 0.05) is 12.3 Å². The third-order valence-corrected chi connectivity index (χ3v) is 4.40. The largest absolute Gasteiger partial charge is 0.449 e. The van der Waals surface area contributed by atoms with Gasteiger partial charge >= 0.3 is 5.97 Å². The Kier molecular flexibility index (Phi) is 6.18. The molecule has 2 atom stereocenters. The molecule has 2 aromatic rings. The number of rotatable bonds is 6. The van der Waals surface area contributed by atoms with Crippen LogP contribution in [0.4, 0.5) is 11.4 Å². The van der Waals surface area contributed by atoms with Gasteiger partial charge in [-0.2, -0.15) is 0 Å². The van der Waals surface area contributed by atoms with Gasteiger partial charge in [0.25, 0.3) is 11.6 Å². The first kappa shape index (κ1) is 19.3. The molecule has 0 radical (unpaired) electrons. The summed E-state index contributed by atoms with van der Waals surface area (Å²) in [7, 11) is -1.40. The van der Waals surface area contributed by atoms with Crippen LogP contribution < -0.4 is 5.32 Å². The maximum Gasteiger partial charge on any atom is 0.340 e. The maximum absolute atomic E-state index is 12.3. The number of amides is 1. The summed E-state index contributed by atoms with van der Waals surface area (Å²) in [5.74, 6) is -1.52. The van der Waals surface area contributed by atoms with Crippen molar-refractivity contribution in [3.05, 3.63) is 64.2 Å². The number of nitro groups is 1. The van der Waals surface area contributed by atoms with Gasteiger partial charge in [0.2, 0.25) is 0 Å². The van der Waals surface area contributed by atoms with E-state index in [1.165, 1.54) is 49.6 Å². The molecule has 1 N–H and O–H groups in total. The summed E-state index contributed by atoms with van der Waals surface area (Å²) >= 11 is 0. The lowest BCUT2D eigenvalue weighted by Crippen LogP contribution is -2.30. The van der Waals surface area contributed by atoms with Gasteiger partial charge < -0.3 is 10.1 Å². The van der Waals surface area contributed by atoms with Crippen LogP contribution in [-0.4, -0.2) is 33.4 Å². The predicted octanol–water partition coefficient (Wildman–Crippen LogP) is 2.52. The molecule has 0 aliphatic rings. The number of nitrogens with one attached hydrogen (secondary N) is 1. The number of anilines is 1. The van der Waals surface area contributed by atoms with Crippen molar-refractivity contribution < 1.29 is 23.5 Å². The number of hydrogen-bond donors (Lipinski definition) is 1. The van der Waals surface area contributed by atoms with E-state index in [0.717, 1.165) is 0 Å². The van der Waals surface area contributed by atoms with E-state index in [1.54, 1.807) is 12.1 Å². The number of para-hydroxylation sites is 2. The number of hydrogen-bond acceptors (Lipinski definition) is 6. The van der Waals surface area contributed by atoms with E-state index in [9.17, 15) is 23.9 Å². The molecule has 0 unspecified atom stereocenters. The van der Waals surface area contributed by atoms with Crippen LogP contribution in [0.1, 0.15) is 17.3 Å². The van der Waals surface area contributed by atoms with Gasteiger partial charge in [-0.25, -0.2) is 4.79 Å².